The van der Waals surface area contributed by atoms with Crippen LogP contribution in [0.25, 0.3) is 0 Å². The minimum Gasteiger partial charge on any atom is -0.350 e. The Morgan fingerprint density at radius 2 is 1.50 bits per heavy atom. The third kappa shape index (κ3) is 4.59. The third-order valence-electron chi connectivity index (χ3n) is 2.85. The number of carbonyl (C=O) groups excluding carboxylic acids is 2. The van der Waals surface area contributed by atoms with Gasteiger partial charge in [-0.2, -0.15) is 0 Å². The first-order valence-corrected chi connectivity index (χ1v) is 6.79. The van der Waals surface area contributed by atoms with Crippen molar-refractivity contribution in [3.05, 3.63) is 66.0 Å². The summed E-state index contributed by atoms with van der Waals surface area (Å²) in [7, 11) is 0. The van der Waals surface area contributed by atoms with Crippen molar-refractivity contribution in [2.45, 2.75) is 0 Å². The van der Waals surface area contributed by atoms with Gasteiger partial charge in [-0.15, -0.1) is 0 Å². The Balaban J connectivity index is 1.69. The molecule has 2 aromatic rings. The Hall–Kier alpha value is -2.89. The predicted molar refractivity (Wildman–Crippen MR) is 82.2 cm³/mol. The van der Waals surface area contributed by atoms with Gasteiger partial charge < -0.3 is 16.0 Å². The van der Waals surface area contributed by atoms with Gasteiger partial charge in [0.2, 0.25) is 0 Å². The first-order chi connectivity index (χ1) is 10.7. The van der Waals surface area contributed by atoms with E-state index in [-0.39, 0.29) is 24.7 Å². The summed E-state index contributed by atoms with van der Waals surface area (Å²) in [6.07, 6.45) is 0. The van der Waals surface area contributed by atoms with Crippen molar-refractivity contribution in [2.75, 3.05) is 18.4 Å². The molecule has 0 aliphatic rings. The predicted octanol–water partition coefficient (Wildman–Crippen LogP) is 2.38. The largest absolute Gasteiger partial charge is 0.350 e. The van der Waals surface area contributed by atoms with Crippen molar-refractivity contribution in [1.29, 1.82) is 0 Å². The summed E-state index contributed by atoms with van der Waals surface area (Å²) in [6.45, 7) is 0.511. The first-order valence-electron chi connectivity index (χ1n) is 6.79. The maximum Gasteiger partial charge on any atom is 0.319 e. The Morgan fingerprint density at radius 3 is 2.23 bits per heavy atom. The van der Waals surface area contributed by atoms with Crippen molar-refractivity contribution in [2.24, 2.45) is 0 Å². The van der Waals surface area contributed by atoms with E-state index in [0.29, 0.717) is 5.56 Å². The molecule has 0 bridgehead atoms. The lowest BCUT2D eigenvalue weighted by Gasteiger charge is -2.09. The quantitative estimate of drug-likeness (QED) is 0.742. The summed E-state index contributed by atoms with van der Waals surface area (Å²) < 4.78 is 13.3. The molecule has 5 nitrogen and oxygen atoms in total. The van der Waals surface area contributed by atoms with Crippen LogP contribution in [0.15, 0.2) is 54.6 Å². The van der Waals surface area contributed by atoms with Crippen molar-refractivity contribution in [3.63, 3.8) is 0 Å². The van der Waals surface area contributed by atoms with Gasteiger partial charge >= 0.3 is 6.03 Å². The molecule has 3 N–H and O–H groups in total. The maximum atomic E-state index is 13.3. The normalized spacial score (nSPS) is 9.86. The lowest BCUT2D eigenvalue weighted by atomic mass is 10.2. The molecule has 0 heterocycles. The van der Waals surface area contributed by atoms with E-state index in [0.717, 1.165) is 0 Å². The molecule has 0 aliphatic heterocycles. The molecule has 0 aromatic heterocycles. The van der Waals surface area contributed by atoms with Gasteiger partial charge in [0, 0.05) is 18.7 Å². The van der Waals surface area contributed by atoms with Crippen LogP contribution in [0.1, 0.15) is 10.4 Å². The molecule has 3 amide bonds. The standard InChI is InChI=1S/C16H16FN3O2/c17-13-8-4-5-9-14(13)20-16(22)19-11-10-18-15(21)12-6-2-1-3-7-12/h1-9H,10-11H2,(H,18,21)(H2,19,20,22). The van der Waals surface area contributed by atoms with E-state index in [1.807, 2.05) is 6.07 Å². The van der Waals surface area contributed by atoms with Crippen molar-refractivity contribution < 1.29 is 14.0 Å². The van der Waals surface area contributed by atoms with Crippen molar-refractivity contribution in [3.8, 4) is 0 Å². The van der Waals surface area contributed by atoms with Crippen LogP contribution in [0.4, 0.5) is 14.9 Å². The lowest BCUT2D eigenvalue weighted by molar-refractivity contribution is 0.0954. The number of rotatable bonds is 5. The number of hydrogen-bond donors (Lipinski definition) is 3. The zero-order valence-corrected chi connectivity index (χ0v) is 11.8. The molecule has 2 rings (SSSR count). The summed E-state index contributed by atoms with van der Waals surface area (Å²) in [5.74, 6) is -0.716. The summed E-state index contributed by atoms with van der Waals surface area (Å²) >= 11 is 0. The van der Waals surface area contributed by atoms with Crippen LogP contribution in [0.2, 0.25) is 0 Å². The van der Waals surface area contributed by atoms with E-state index in [4.69, 9.17) is 0 Å². The number of nitrogens with one attached hydrogen (secondary N) is 3. The zero-order chi connectivity index (χ0) is 15.8. The topological polar surface area (TPSA) is 70.2 Å². The highest BCUT2D eigenvalue weighted by atomic mass is 19.1. The second kappa shape index (κ2) is 7.78. The number of benzene rings is 2. The summed E-state index contributed by atoms with van der Waals surface area (Å²) in [5, 5.41) is 7.60. The molecule has 0 fully saturated rings. The Morgan fingerprint density at radius 1 is 0.864 bits per heavy atom. The highest BCUT2D eigenvalue weighted by Crippen LogP contribution is 2.11. The third-order valence-corrected chi connectivity index (χ3v) is 2.85. The van der Waals surface area contributed by atoms with Crippen LogP contribution in [-0.2, 0) is 0 Å². The average molecular weight is 301 g/mol. The number of halogens is 1. The van der Waals surface area contributed by atoms with E-state index < -0.39 is 11.8 Å². The van der Waals surface area contributed by atoms with Gasteiger partial charge in [-0.05, 0) is 24.3 Å². The smallest absolute Gasteiger partial charge is 0.319 e. The Kier molecular flexibility index (Phi) is 5.48. The molecular formula is C16H16FN3O2. The second-order valence-corrected chi connectivity index (χ2v) is 4.48. The molecule has 114 valence electrons. The van der Waals surface area contributed by atoms with E-state index in [1.54, 1.807) is 30.3 Å². The summed E-state index contributed by atoms with van der Waals surface area (Å²) in [5.41, 5.74) is 0.659. The van der Waals surface area contributed by atoms with Crippen LogP contribution in [0.3, 0.4) is 0 Å². The molecular weight excluding hydrogens is 285 g/mol. The molecule has 22 heavy (non-hydrogen) atoms. The Bertz CT molecular complexity index is 647. The molecule has 0 radical (unpaired) electrons. The fourth-order valence-electron chi connectivity index (χ4n) is 1.77. The van der Waals surface area contributed by atoms with Gasteiger partial charge in [-0.3, -0.25) is 4.79 Å². The zero-order valence-electron chi connectivity index (χ0n) is 11.8. The van der Waals surface area contributed by atoms with Crippen LogP contribution in [-0.4, -0.2) is 25.0 Å². The highest BCUT2D eigenvalue weighted by molar-refractivity contribution is 5.94. The van der Waals surface area contributed by atoms with Crippen molar-refractivity contribution in [1.82, 2.24) is 10.6 Å². The number of urea groups is 1. The number of anilines is 1. The minimum atomic E-state index is -0.529. The van der Waals surface area contributed by atoms with Crippen LogP contribution in [0.5, 0.6) is 0 Å². The molecule has 0 spiro atoms. The minimum absolute atomic E-state index is 0.105. The van der Waals surface area contributed by atoms with Gasteiger partial charge in [0.1, 0.15) is 5.82 Å². The van der Waals surface area contributed by atoms with Crippen molar-refractivity contribution >= 4 is 17.6 Å². The van der Waals surface area contributed by atoms with Crippen LogP contribution in [0, 0.1) is 5.82 Å². The summed E-state index contributed by atoms with van der Waals surface area (Å²) in [6, 6.07) is 14.1. The van der Waals surface area contributed by atoms with Gasteiger partial charge in [0.05, 0.1) is 5.69 Å². The number of carbonyl (C=O) groups is 2. The van der Waals surface area contributed by atoms with E-state index in [9.17, 15) is 14.0 Å². The summed E-state index contributed by atoms with van der Waals surface area (Å²) in [4.78, 5) is 23.3. The van der Waals surface area contributed by atoms with Crippen LogP contribution < -0.4 is 16.0 Å². The van der Waals surface area contributed by atoms with Gasteiger partial charge in [-0.25, -0.2) is 9.18 Å². The van der Waals surface area contributed by atoms with Crippen LogP contribution >= 0.6 is 0 Å². The van der Waals surface area contributed by atoms with E-state index >= 15 is 0 Å². The highest BCUT2D eigenvalue weighted by Gasteiger charge is 2.06. The molecule has 6 heteroatoms. The fourth-order valence-corrected chi connectivity index (χ4v) is 1.77. The van der Waals surface area contributed by atoms with E-state index in [2.05, 4.69) is 16.0 Å². The average Bonchev–Trinajstić information content (AvgIpc) is 2.54. The number of amides is 3. The molecule has 0 saturated carbocycles. The second-order valence-electron chi connectivity index (χ2n) is 4.48. The molecule has 0 saturated heterocycles. The lowest BCUT2D eigenvalue weighted by Crippen LogP contribution is -2.36. The first kappa shape index (κ1) is 15.5. The molecule has 0 aliphatic carbocycles. The monoisotopic (exact) mass is 301 g/mol. The van der Waals surface area contributed by atoms with Gasteiger partial charge in [0.25, 0.3) is 5.91 Å². The van der Waals surface area contributed by atoms with Gasteiger partial charge in [0.15, 0.2) is 0 Å². The Labute approximate surface area is 127 Å². The maximum absolute atomic E-state index is 13.3. The fraction of sp³-hybridized carbons (Fsp3) is 0.125. The molecule has 2 aromatic carbocycles. The number of para-hydroxylation sites is 1. The van der Waals surface area contributed by atoms with E-state index in [1.165, 1.54) is 18.2 Å². The SMILES string of the molecule is O=C(NCCNC(=O)c1ccccc1)Nc1ccccc1F. The van der Waals surface area contributed by atoms with Gasteiger partial charge in [-0.1, -0.05) is 30.3 Å². The molecule has 0 atom stereocenters. The molecule has 0 unspecified atom stereocenters. The number of hydrogen-bond acceptors (Lipinski definition) is 2.